The molecule has 1 aromatic rings. The number of fused-ring (bicyclic) bond motifs is 1. The number of ether oxygens (including phenoxy) is 3. The van der Waals surface area contributed by atoms with Gasteiger partial charge in [0, 0.05) is 37.9 Å². The van der Waals surface area contributed by atoms with Gasteiger partial charge in [0.25, 0.3) is 0 Å². The number of amides is 3. The summed E-state index contributed by atoms with van der Waals surface area (Å²) in [7, 11) is 0. The lowest BCUT2D eigenvalue weighted by atomic mass is 10.1. The summed E-state index contributed by atoms with van der Waals surface area (Å²) in [4.78, 5) is 38.8. The highest BCUT2D eigenvalue weighted by Gasteiger charge is 2.36. The van der Waals surface area contributed by atoms with E-state index in [4.69, 9.17) is 14.2 Å². The summed E-state index contributed by atoms with van der Waals surface area (Å²) >= 11 is 0. The van der Waals surface area contributed by atoms with Gasteiger partial charge in [0.05, 0.1) is 12.0 Å². The lowest BCUT2D eigenvalue weighted by Gasteiger charge is -2.19. The second-order valence-corrected chi connectivity index (χ2v) is 7.55. The van der Waals surface area contributed by atoms with Crippen molar-refractivity contribution in [2.24, 2.45) is 5.92 Å². The number of hydrogen-bond donors (Lipinski definition) is 2. The molecule has 0 unspecified atom stereocenters. The van der Waals surface area contributed by atoms with Crippen LogP contribution in [0.2, 0.25) is 0 Å². The average molecular weight is 403 g/mol. The number of carbonyl (C=O) groups is 3. The van der Waals surface area contributed by atoms with Gasteiger partial charge in [-0.15, -0.1) is 0 Å². The predicted molar refractivity (Wildman–Crippen MR) is 103 cm³/mol. The number of hydrogen-bond acceptors (Lipinski definition) is 6. The van der Waals surface area contributed by atoms with Crippen LogP contribution in [0.1, 0.15) is 26.2 Å². The van der Waals surface area contributed by atoms with E-state index in [1.54, 1.807) is 30.0 Å². The van der Waals surface area contributed by atoms with E-state index >= 15 is 0 Å². The van der Waals surface area contributed by atoms with Gasteiger partial charge in [-0.05, 0) is 31.9 Å². The minimum Gasteiger partial charge on any atom is -0.454 e. The topological polar surface area (TPSA) is 106 Å². The van der Waals surface area contributed by atoms with Crippen LogP contribution in [0.5, 0.6) is 11.5 Å². The molecule has 3 aliphatic rings. The molecule has 2 N–H and O–H groups in total. The summed E-state index contributed by atoms with van der Waals surface area (Å²) in [5.74, 6) is 0.00488. The van der Waals surface area contributed by atoms with Crippen molar-refractivity contribution in [2.75, 3.05) is 31.4 Å². The molecule has 0 bridgehead atoms. The van der Waals surface area contributed by atoms with Crippen LogP contribution in [-0.2, 0) is 19.1 Å². The summed E-state index contributed by atoms with van der Waals surface area (Å²) in [5, 5.41) is 5.52. The smallest absolute Gasteiger partial charge is 0.242 e. The van der Waals surface area contributed by atoms with E-state index in [-0.39, 0.29) is 43.6 Å². The lowest BCUT2D eigenvalue weighted by molar-refractivity contribution is -0.131. The van der Waals surface area contributed by atoms with Gasteiger partial charge >= 0.3 is 0 Å². The molecule has 0 aromatic heterocycles. The Bertz CT molecular complexity index is 807. The van der Waals surface area contributed by atoms with Crippen molar-refractivity contribution < 1.29 is 28.6 Å². The maximum atomic E-state index is 12.6. The maximum Gasteiger partial charge on any atom is 0.242 e. The highest BCUT2D eigenvalue weighted by Crippen LogP contribution is 2.37. The van der Waals surface area contributed by atoms with Gasteiger partial charge in [-0.2, -0.15) is 0 Å². The molecule has 9 nitrogen and oxygen atoms in total. The Hall–Kier alpha value is -2.81. The molecular formula is C20H25N3O6. The minimum atomic E-state index is -0.682. The van der Waals surface area contributed by atoms with Gasteiger partial charge in [-0.1, -0.05) is 0 Å². The second kappa shape index (κ2) is 8.28. The fraction of sp³-hybridized carbons (Fsp3) is 0.550. The van der Waals surface area contributed by atoms with Crippen LogP contribution in [0.25, 0.3) is 0 Å². The van der Waals surface area contributed by atoms with Crippen LogP contribution >= 0.6 is 0 Å². The van der Waals surface area contributed by atoms with E-state index in [9.17, 15) is 14.4 Å². The molecular weight excluding hydrogens is 378 g/mol. The van der Waals surface area contributed by atoms with Crippen molar-refractivity contribution in [3.05, 3.63) is 18.2 Å². The van der Waals surface area contributed by atoms with E-state index in [0.29, 0.717) is 23.7 Å². The Labute approximate surface area is 168 Å². The van der Waals surface area contributed by atoms with Gasteiger partial charge in [0.15, 0.2) is 11.5 Å². The molecule has 2 fully saturated rings. The lowest BCUT2D eigenvalue weighted by Crippen LogP contribution is -2.48. The third-order valence-corrected chi connectivity index (χ3v) is 5.44. The number of nitrogens with one attached hydrogen (secondary N) is 2. The number of nitrogens with zero attached hydrogens (tertiary/aromatic N) is 1. The second-order valence-electron chi connectivity index (χ2n) is 7.55. The third-order valence-electron chi connectivity index (χ3n) is 5.44. The van der Waals surface area contributed by atoms with Gasteiger partial charge in [0.2, 0.25) is 24.5 Å². The predicted octanol–water partition coefficient (Wildman–Crippen LogP) is 0.568. The van der Waals surface area contributed by atoms with Gasteiger partial charge in [-0.3, -0.25) is 14.4 Å². The Morgan fingerprint density at radius 1 is 1.28 bits per heavy atom. The summed E-state index contributed by atoms with van der Waals surface area (Å²) < 4.78 is 16.1. The largest absolute Gasteiger partial charge is 0.454 e. The zero-order valence-electron chi connectivity index (χ0n) is 16.3. The number of rotatable bonds is 6. The van der Waals surface area contributed by atoms with Crippen LogP contribution in [0, 0.1) is 5.92 Å². The van der Waals surface area contributed by atoms with Gasteiger partial charge in [-0.25, -0.2) is 0 Å². The van der Waals surface area contributed by atoms with Crippen LogP contribution in [0.3, 0.4) is 0 Å². The Balaban J connectivity index is 1.30. The molecule has 2 saturated heterocycles. The van der Waals surface area contributed by atoms with E-state index in [1.807, 2.05) is 0 Å². The molecule has 0 spiro atoms. The van der Waals surface area contributed by atoms with E-state index in [2.05, 4.69) is 10.6 Å². The first-order chi connectivity index (χ1) is 14.0. The fourth-order valence-corrected chi connectivity index (χ4v) is 3.76. The first-order valence-electron chi connectivity index (χ1n) is 9.91. The van der Waals surface area contributed by atoms with E-state index < -0.39 is 12.0 Å². The molecule has 29 heavy (non-hydrogen) atoms. The van der Waals surface area contributed by atoms with E-state index in [1.165, 1.54) is 0 Å². The molecule has 1 aromatic carbocycles. The summed E-state index contributed by atoms with van der Waals surface area (Å²) in [6.45, 7) is 3.22. The molecule has 0 saturated carbocycles. The molecule has 4 rings (SSSR count). The summed E-state index contributed by atoms with van der Waals surface area (Å²) in [5.41, 5.74) is 0.664. The maximum absolute atomic E-state index is 12.6. The molecule has 156 valence electrons. The first-order valence-corrected chi connectivity index (χ1v) is 9.91. The standard InChI is InChI=1S/C20H25N3O6/c1-12(19(25)21-9-15-3-2-6-27-15)22-20(26)13-7-18(24)23(10-13)14-4-5-16-17(8-14)29-11-28-16/h4-5,8,12-13,15H,2-3,6-7,9-11H2,1H3,(H,21,25)(H,22,26)/t12-,13+,15+/m0/s1. The fourth-order valence-electron chi connectivity index (χ4n) is 3.76. The van der Waals surface area contributed by atoms with Crippen molar-refractivity contribution in [3.8, 4) is 11.5 Å². The molecule has 3 heterocycles. The van der Waals surface area contributed by atoms with Crippen molar-refractivity contribution in [3.63, 3.8) is 0 Å². The number of anilines is 1. The number of carbonyl (C=O) groups excluding carboxylic acids is 3. The molecule has 3 atom stereocenters. The average Bonchev–Trinajstić information content (AvgIpc) is 3.45. The van der Waals surface area contributed by atoms with Crippen LogP contribution in [0.15, 0.2) is 18.2 Å². The van der Waals surface area contributed by atoms with Crippen LogP contribution in [0.4, 0.5) is 5.69 Å². The van der Waals surface area contributed by atoms with Gasteiger partial charge in [0.1, 0.15) is 6.04 Å². The molecule has 3 amide bonds. The zero-order chi connectivity index (χ0) is 20.4. The number of benzene rings is 1. The van der Waals surface area contributed by atoms with Crippen LogP contribution in [-0.4, -0.2) is 56.4 Å². The SMILES string of the molecule is C[C@H](NC(=O)[C@@H]1CC(=O)N(c2ccc3c(c2)OCO3)C1)C(=O)NC[C@H]1CCCO1. The van der Waals surface area contributed by atoms with Crippen molar-refractivity contribution in [1.82, 2.24) is 10.6 Å². The monoisotopic (exact) mass is 403 g/mol. The third kappa shape index (κ3) is 4.29. The highest BCUT2D eigenvalue weighted by molar-refractivity contribution is 6.01. The van der Waals surface area contributed by atoms with E-state index in [0.717, 1.165) is 19.4 Å². The van der Waals surface area contributed by atoms with Crippen molar-refractivity contribution in [1.29, 1.82) is 0 Å². The Morgan fingerprint density at radius 2 is 2.10 bits per heavy atom. The quantitative estimate of drug-likeness (QED) is 0.719. The first kappa shape index (κ1) is 19.5. The Kier molecular flexibility index (Phi) is 5.57. The summed E-state index contributed by atoms with van der Waals surface area (Å²) in [6.07, 6.45) is 2.08. The van der Waals surface area contributed by atoms with Crippen LogP contribution < -0.4 is 25.0 Å². The minimum absolute atomic E-state index is 0.0459. The molecule has 3 aliphatic heterocycles. The normalized spacial score (nSPS) is 23.9. The summed E-state index contributed by atoms with van der Waals surface area (Å²) in [6, 6.07) is 4.58. The molecule has 0 aliphatic carbocycles. The van der Waals surface area contributed by atoms with Gasteiger partial charge < -0.3 is 29.7 Å². The zero-order valence-corrected chi connectivity index (χ0v) is 16.3. The van der Waals surface area contributed by atoms with Crippen molar-refractivity contribution in [2.45, 2.75) is 38.3 Å². The Morgan fingerprint density at radius 3 is 2.90 bits per heavy atom. The highest BCUT2D eigenvalue weighted by atomic mass is 16.7. The molecule has 0 radical (unpaired) electrons. The molecule has 9 heteroatoms. The van der Waals surface area contributed by atoms with Crippen molar-refractivity contribution >= 4 is 23.4 Å².